The van der Waals surface area contributed by atoms with Gasteiger partial charge in [-0.15, -0.1) is 12.4 Å². The van der Waals surface area contributed by atoms with E-state index in [9.17, 15) is 13.2 Å². The Bertz CT molecular complexity index is 787. The topological polar surface area (TPSA) is 89.3 Å². The Labute approximate surface area is 174 Å². The van der Waals surface area contributed by atoms with Crippen LogP contribution in [0.3, 0.4) is 0 Å². The van der Waals surface area contributed by atoms with Gasteiger partial charge in [0.25, 0.3) is 0 Å². The Morgan fingerprint density at radius 3 is 2.07 bits per heavy atom. The molecule has 0 aromatic heterocycles. The summed E-state index contributed by atoms with van der Waals surface area (Å²) in [5.74, 6) is 2.31. The first-order chi connectivity index (χ1) is 12.7. The Hall–Kier alpha value is -1.11. The van der Waals surface area contributed by atoms with Crippen LogP contribution in [0.25, 0.3) is 0 Å². The lowest BCUT2D eigenvalue weighted by Gasteiger charge is -2.57. The average molecular weight is 427 g/mol. The van der Waals surface area contributed by atoms with Crippen LogP contribution in [-0.2, 0) is 20.0 Å². The van der Waals surface area contributed by atoms with Crippen molar-refractivity contribution in [2.45, 2.75) is 56.4 Å². The Balaban J connectivity index is 0.00000225. The highest BCUT2D eigenvalue weighted by molar-refractivity contribution is 7.90. The highest BCUT2D eigenvalue weighted by Gasteiger charge is 2.51. The summed E-state index contributed by atoms with van der Waals surface area (Å²) >= 11 is 0. The van der Waals surface area contributed by atoms with Crippen LogP contribution < -0.4 is 11.1 Å². The fourth-order valence-electron chi connectivity index (χ4n) is 6.08. The van der Waals surface area contributed by atoms with Gasteiger partial charge in [0.1, 0.15) is 9.84 Å². The monoisotopic (exact) mass is 426 g/mol. The van der Waals surface area contributed by atoms with E-state index in [-0.39, 0.29) is 30.5 Å². The van der Waals surface area contributed by atoms with E-state index < -0.39 is 15.9 Å². The molecule has 3 N–H and O–H groups in total. The molecule has 0 aliphatic heterocycles. The van der Waals surface area contributed by atoms with Crippen molar-refractivity contribution in [3.63, 3.8) is 0 Å². The van der Waals surface area contributed by atoms with E-state index in [1.807, 2.05) is 12.1 Å². The van der Waals surface area contributed by atoms with Gasteiger partial charge in [0, 0.05) is 11.9 Å². The summed E-state index contributed by atoms with van der Waals surface area (Å²) in [6.07, 6.45) is 9.54. The molecular formula is C21H31ClN2O3S. The molecule has 4 bridgehead atoms. The molecule has 1 atom stereocenters. The van der Waals surface area contributed by atoms with Crippen molar-refractivity contribution < 1.29 is 13.2 Å². The fraction of sp³-hybridized carbons (Fsp3) is 0.667. The van der Waals surface area contributed by atoms with Gasteiger partial charge in [0.05, 0.1) is 11.8 Å². The van der Waals surface area contributed by atoms with Crippen molar-refractivity contribution >= 4 is 33.8 Å². The minimum Gasteiger partial charge on any atom is -0.325 e. The summed E-state index contributed by atoms with van der Waals surface area (Å²) < 4.78 is 22.5. The predicted octanol–water partition coefficient (Wildman–Crippen LogP) is 3.28. The zero-order valence-corrected chi connectivity index (χ0v) is 18.0. The van der Waals surface area contributed by atoms with Crippen molar-refractivity contribution in [3.05, 3.63) is 29.8 Å². The lowest BCUT2D eigenvalue weighted by atomic mass is 9.48. The van der Waals surface area contributed by atoms with Gasteiger partial charge in [-0.25, -0.2) is 8.42 Å². The third kappa shape index (κ3) is 4.55. The normalized spacial score (nSPS) is 31.9. The summed E-state index contributed by atoms with van der Waals surface area (Å²) in [6, 6.07) is 7.46. The maximum Gasteiger partial charge on any atom is 0.241 e. The molecule has 0 saturated heterocycles. The van der Waals surface area contributed by atoms with E-state index in [2.05, 4.69) is 17.4 Å². The second kappa shape index (κ2) is 7.96. The Morgan fingerprint density at radius 1 is 1.11 bits per heavy atom. The van der Waals surface area contributed by atoms with Gasteiger partial charge in [0.15, 0.2) is 0 Å². The maximum absolute atomic E-state index is 12.2. The molecule has 4 fully saturated rings. The highest BCUT2D eigenvalue weighted by Crippen LogP contribution is 2.60. The minimum absolute atomic E-state index is 0. The van der Waals surface area contributed by atoms with Crippen molar-refractivity contribution in [1.82, 2.24) is 0 Å². The number of sulfone groups is 1. The maximum atomic E-state index is 12.2. The third-order valence-corrected chi connectivity index (χ3v) is 7.92. The molecule has 1 unspecified atom stereocenters. The molecule has 28 heavy (non-hydrogen) atoms. The number of nitrogens with one attached hydrogen (secondary N) is 1. The fourth-order valence-corrected chi connectivity index (χ4v) is 6.76. The van der Waals surface area contributed by atoms with Gasteiger partial charge in [-0.3, -0.25) is 4.79 Å². The van der Waals surface area contributed by atoms with E-state index in [1.54, 1.807) is 0 Å². The van der Waals surface area contributed by atoms with Crippen molar-refractivity contribution in [2.24, 2.45) is 23.5 Å². The lowest BCUT2D eigenvalue weighted by molar-refractivity contribution is -0.117. The number of hydrogen-bond donors (Lipinski definition) is 2. The van der Waals surface area contributed by atoms with Gasteiger partial charge < -0.3 is 11.1 Å². The van der Waals surface area contributed by atoms with E-state index in [0.717, 1.165) is 29.7 Å². The summed E-state index contributed by atoms with van der Waals surface area (Å²) in [6.45, 7) is 0. The quantitative estimate of drug-likeness (QED) is 0.730. The molecule has 4 aliphatic rings. The van der Waals surface area contributed by atoms with E-state index in [1.165, 1.54) is 44.1 Å². The molecule has 1 aromatic rings. The first-order valence-electron chi connectivity index (χ1n) is 10.1. The predicted molar refractivity (Wildman–Crippen MR) is 114 cm³/mol. The number of amides is 1. The minimum atomic E-state index is -3.11. The van der Waals surface area contributed by atoms with Crippen LogP contribution in [0.2, 0.25) is 0 Å². The Kier molecular flexibility index (Phi) is 6.14. The molecular weight excluding hydrogens is 396 g/mol. The van der Waals surface area contributed by atoms with Crippen molar-refractivity contribution in [1.29, 1.82) is 0 Å². The summed E-state index contributed by atoms with van der Waals surface area (Å²) in [5.41, 5.74) is 8.32. The average Bonchev–Trinajstić information content (AvgIpc) is 2.58. The largest absolute Gasteiger partial charge is 0.325 e. The summed E-state index contributed by atoms with van der Waals surface area (Å²) in [4.78, 5) is 12.2. The molecule has 0 spiro atoms. The van der Waals surface area contributed by atoms with Crippen LogP contribution in [0, 0.1) is 17.8 Å². The number of anilines is 1. The third-order valence-electron chi connectivity index (χ3n) is 6.94. The first-order valence-corrected chi connectivity index (χ1v) is 12.1. The molecule has 0 radical (unpaired) electrons. The second-order valence-corrected chi connectivity index (χ2v) is 11.5. The summed E-state index contributed by atoms with van der Waals surface area (Å²) in [7, 11) is -3.11. The number of halogens is 1. The second-order valence-electron chi connectivity index (χ2n) is 9.29. The van der Waals surface area contributed by atoms with Gasteiger partial charge in [-0.1, -0.05) is 12.1 Å². The van der Waals surface area contributed by atoms with E-state index in [4.69, 9.17) is 5.73 Å². The SMILES string of the molecule is CS(=O)(=O)CCC(N)C(=O)Nc1ccc(C23CC4CC(CC(C4)C2)C3)cc1.Cl. The van der Waals surface area contributed by atoms with E-state index >= 15 is 0 Å². The molecule has 1 aromatic carbocycles. The van der Waals surface area contributed by atoms with Crippen LogP contribution >= 0.6 is 12.4 Å². The van der Waals surface area contributed by atoms with Gasteiger partial charge in [-0.05, 0) is 85.8 Å². The smallest absolute Gasteiger partial charge is 0.241 e. The molecule has 5 rings (SSSR count). The standard InChI is InChI=1S/C21H30N2O3S.ClH/c1-27(25,26)7-6-19(22)20(24)23-18-4-2-17(3-5-18)21-11-14-8-15(12-21)10-16(9-14)13-21;/h2-5,14-16,19H,6-13,22H2,1H3,(H,23,24);1H. The van der Waals surface area contributed by atoms with Crippen LogP contribution in [0.5, 0.6) is 0 Å². The molecule has 1 amide bonds. The summed E-state index contributed by atoms with van der Waals surface area (Å²) in [5, 5.41) is 2.82. The number of carbonyl (C=O) groups excluding carboxylic acids is 1. The lowest BCUT2D eigenvalue weighted by Crippen LogP contribution is -2.48. The highest BCUT2D eigenvalue weighted by atomic mass is 35.5. The number of nitrogens with two attached hydrogens (primary N) is 1. The number of benzene rings is 1. The van der Waals surface area contributed by atoms with Gasteiger partial charge in [0.2, 0.25) is 5.91 Å². The number of carbonyl (C=O) groups is 1. The number of rotatable bonds is 6. The number of hydrogen-bond acceptors (Lipinski definition) is 4. The zero-order chi connectivity index (χ0) is 19.2. The molecule has 156 valence electrons. The van der Waals surface area contributed by atoms with Crippen LogP contribution in [0.4, 0.5) is 5.69 Å². The molecule has 0 heterocycles. The van der Waals surface area contributed by atoms with Crippen LogP contribution in [0.15, 0.2) is 24.3 Å². The van der Waals surface area contributed by atoms with E-state index in [0.29, 0.717) is 5.41 Å². The van der Waals surface area contributed by atoms with Crippen LogP contribution in [-0.4, -0.2) is 32.4 Å². The Morgan fingerprint density at radius 2 is 1.61 bits per heavy atom. The zero-order valence-electron chi connectivity index (χ0n) is 16.4. The molecule has 4 saturated carbocycles. The molecule has 5 nitrogen and oxygen atoms in total. The van der Waals surface area contributed by atoms with Crippen LogP contribution in [0.1, 0.15) is 50.5 Å². The van der Waals surface area contributed by atoms with Gasteiger partial charge in [-0.2, -0.15) is 0 Å². The van der Waals surface area contributed by atoms with Crippen molar-refractivity contribution in [2.75, 3.05) is 17.3 Å². The first kappa shape index (κ1) is 21.6. The van der Waals surface area contributed by atoms with Gasteiger partial charge >= 0.3 is 0 Å². The molecule has 7 heteroatoms. The van der Waals surface area contributed by atoms with Crippen molar-refractivity contribution in [3.8, 4) is 0 Å². The molecule has 4 aliphatic carbocycles.